The third kappa shape index (κ3) is 3.41. The summed E-state index contributed by atoms with van der Waals surface area (Å²) in [6, 6.07) is 13.9. The predicted molar refractivity (Wildman–Crippen MR) is 86.5 cm³/mol. The van der Waals surface area contributed by atoms with E-state index in [0.29, 0.717) is 6.54 Å². The summed E-state index contributed by atoms with van der Waals surface area (Å²) in [6.45, 7) is 4.39. The summed E-state index contributed by atoms with van der Waals surface area (Å²) in [4.78, 5) is 1.84. The lowest BCUT2D eigenvalue weighted by atomic mass is 9.86. The monoisotopic (exact) mass is 296 g/mol. The van der Waals surface area contributed by atoms with E-state index in [4.69, 9.17) is 10.4 Å². The van der Waals surface area contributed by atoms with Gasteiger partial charge in [0.15, 0.2) is 5.82 Å². The molecule has 0 spiro atoms. The van der Waals surface area contributed by atoms with Crippen LogP contribution < -0.4 is 4.90 Å². The molecule has 0 aliphatic rings. The van der Waals surface area contributed by atoms with Crippen LogP contribution in [0.3, 0.4) is 0 Å². The molecule has 0 atom stereocenters. The zero-order chi connectivity index (χ0) is 16.2. The molecule has 0 aliphatic carbocycles. The number of rotatable bonds is 5. The van der Waals surface area contributed by atoms with Crippen molar-refractivity contribution in [2.24, 2.45) is 0 Å². The SMILES string of the molecule is CN(CCO)c1ccc(-c2ccc(C(C)(C)C#N)cc2)nn1. The van der Waals surface area contributed by atoms with E-state index in [2.05, 4.69) is 16.3 Å². The molecule has 0 amide bonds. The quantitative estimate of drug-likeness (QED) is 0.917. The minimum absolute atomic E-state index is 0.0794. The molecule has 5 nitrogen and oxygen atoms in total. The molecule has 2 rings (SSSR count). The molecule has 0 saturated carbocycles. The largest absolute Gasteiger partial charge is 0.395 e. The van der Waals surface area contributed by atoms with Gasteiger partial charge in [0.25, 0.3) is 0 Å². The molecule has 1 aromatic carbocycles. The molecule has 2 aromatic rings. The molecule has 0 unspecified atom stereocenters. The van der Waals surface area contributed by atoms with Crippen LogP contribution >= 0.6 is 0 Å². The Morgan fingerprint density at radius 1 is 1.14 bits per heavy atom. The van der Waals surface area contributed by atoms with Crippen molar-refractivity contribution in [1.82, 2.24) is 10.2 Å². The zero-order valence-electron chi connectivity index (χ0n) is 13.1. The third-order valence-electron chi connectivity index (χ3n) is 3.66. The number of likely N-dealkylation sites (N-methyl/N-ethyl adjacent to an activating group) is 1. The molecule has 0 bridgehead atoms. The fourth-order valence-corrected chi connectivity index (χ4v) is 2.07. The van der Waals surface area contributed by atoms with Gasteiger partial charge in [0.1, 0.15) is 0 Å². The summed E-state index contributed by atoms with van der Waals surface area (Å²) in [5, 5.41) is 26.5. The highest BCUT2D eigenvalue weighted by Crippen LogP contribution is 2.25. The van der Waals surface area contributed by atoms with Crippen LogP contribution in [0.15, 0.2) is 36.4 Å². The lowest BCUT2D eigenvalue weighted by Gasteiger charge is -2.17. The molecule has 1 heterocycles. The number of aromatic nitrogens is 2. The molecule has 22 heavy (non-hydrogen) atoms. The van der Waals surface area contributed by atoms with Crippen LogP contribution in [-0.2, 0) is 5.41 Å². The normalized spacial score (nSPS) is 11.0. The standard InChI is InChI=1S/C17H20N4O/c1-17(2,12-18)14-6-4-13(5-7-14)15-8-9-16(20-19-15)21(3)10-11-22/h4-9,22H,10-11H2,1-3H3. The summed E-state index contributed by atoms with van der Waals surface area (Å²) >= 11 is 0. The fourth-order valence-electron chi connectivity index (χ4n) is 2.07. The van der Waals surface area contributed by atoms with Gasteiger partial charge in [0.05, 0.1) is 23.8 Å². The number of aliphatic hydroxyl groups is 1. The topological polar surface area (TPSA) is 73.0 Å². The van der Waals surface area contributed by atoms with E-state index in [-0.39, 0.29) is 6.61 Å². The number of hydrogen-bond acceptors (Lipinski definition) is 5. The maximum Gasteiger partial charge on any atom is 0.151 e. The van der Waals surface area contributed by atoms with E-state index in [9.17, 15) is 0 Å². The second-order valence-electron chi connectivity index (χ2n) is 5.74. The van der Waals surface area contributed by atoms with Gasteiger partial charge < -0.3 is 10.0 Å². The van der Waals surface area contributed by atoms with Gasteiger partial charge in [-0.2, -0.15) is 5.26 Å². The summed E-state index contributed by atoms with van der Waals surface area (Å²) < 4.78 is 0. The molecule has 114 valence electrons. The molecular weight excluding hydrogens is 276 g/mol. The molecule has 0 radical (unpaired) electrons. The predicted octanol–water partition coefficient (Wildman–Crippen LogP) is 2.37. The third-order valence-corrected chi connectivity index (χ3v) is 3.66. The summed E-state index contributed by atoms with van der Waals surface area (Å²) in [7, 11) is 1.86. The number of hydrogen-bond donors (Lipinski definition) is 1. The van der Waals surface area contributed by atoms with Crippen molar-refractivity contribution in [3.63, 3.8) is 0 Å². The second-order valence-corrected chi connectivity index (χ2v) is 5.74. The van der Waals surface area contributed by atoms with E-state index in [1.54, 1.807) is 0 Å². The van der Waals surface area contributed by atoms with Crippen LogP contribution in [0.1, 0.15) is 19.4 Å². The molecule has 0 saturated heterocycles. The van der Waals surface area contributed by atoms with Gasteiger partial charge in [-0.3, -0.25) is 0 Å². The lowest BCUT2D eigenvalue weighted by Crippen LogP contribution is -2.22. The van der Waals surface area contributed by atoms with Crippen molar-refractivity contribution in [2.75, 3.05) is 25.1 Å². The molecule has 0 fully saturated rings. The Bertz CT molecular complexity index is 657. The van der Waals surface area contributed by atoms with Crippen LogP contribution in [0.5, 0.6) is 0 Å². The number of anilines is 1. The first-order valence-electron chi connectivity index (χ1n) is 7.16. The number of nitriles is 1. The van der Waals surface area contributed by atoms with Crippen LogP contribution in [-0.4, -0.2) is 35.5 Å². The van der Waals surface area contributed by atoms with Gasteiger partial charge in [0.2, 0.25) is 0 Å². The van der Waals surface area contributed by atoms with E-state index in [0.717, 1.165) is 22.6 Å². The van der Waals surface area contributed by atoms with Crippen molar-refractivity contribution in [1.29, 1.82) is 5.26 Å². The molecule has 1 N–H and O–H groups in total. The molecular formula is C17H20N4O. The lowest BCUT2D eigenvalue weighted by molar-refractivity contribution is 0.303. The zero-order valence-corrected chi connectivity index (χ0v) is 13.1. The first-order chi connectivity index (χ1) is 10.5. The Morgan fingerprint density at radius 3 is 2.32 bits per heavy atom. The molecule has 5 heteroatoms. The van der Waals surface area contributed by atoms with Crippen molar-refractivity contribution in [3.8, 4) is 17.3 Å². The second kappa shape index (κ2) is 6.54. The van der Waals surface area contributed by atoms with Crippen LogP contribution in [0, 0.1) is 11.3 Å². The first kappa shape index (κ1) is 15.9. The fraction of sp³-hybridized carbons (Fsp3) is 0.353. The van der Waals surface area contributed by atoms with Gasteiger partial charge in [-0.1, -0.05) is 24.3 Å². The van der Waals surface area contributed by atoms with Crippen LogP contribution in [0.25, 0.3) is 11.3 Å². The van der Waals surface area contributed by atoms with Gasteiger partial charge >= 0.3 is 0 Å². The highest BCUT2D eigenvalue weighted by atomic mass is 16.3. The van der Waals surface area contributed by atoms with E-state index < -0.39 is 5.41 Å². The van der Waals surface area contributed by atoms with Crippen LogP contribution in [0.4, 0.5) is 5.82 Å². The maximum atomic E-state index is 9.17. The first-order valence-corrected chi connectivity index (χ1v) is 7.16. The van der Waals surface area contributed by atoms with Crippen molar-refractivity contribution < 1.29 is 5.11 Å². The molecule has 0 aliphatic heterocycles. The Balaban J connectivity index is 2.21. The summed E-state index contributed by atoms with van der Waals surface area (Å²) in [5.74, 6) is 0.722. The Hall–Kier alpha value is -2.45. The summed E-state index contributed by atoms with van der Waals surface area (Å²) in [5.41, 5.74) is 2.22. The summed E-state index contributed by atoms with van der Waals surface area (Å²) in [6.07, 6.45) is 0. The number of nitrogens with zero attached hydrogens (tertiary/aromatic N) is 4. The van der Waals surface area contributed by atoms with Crippen molar-refractivity contribution >= 4 is 5.82 Å². The Labute approximate surface area is 130 Å². The van der Waals surface area contributed by atoms with E-state index in [1.807, 2.05) is 62.2 Å². The van der Waals surface area contributed by atoms with Gasteiger partial charge in [-0.05, 0) is 31.5 Å². The minimum atomic E-state index is -0.499. The highest BCUT2D eigenvalue weighted by molar-refractivity contribution is 5.60. The van der Waals surface area contributed by atoms with E-state index >= 15 is 0 Å². The van der Waals surface area contributed by atoms with Crippen LogP contribution in [0.2, 0.25) is 0 Å². The van der Waals surface area contributed by atoms with Gasteiger partial charge in [-0.25, -0.2) is 0 Å². The van der Waals surface area contributed by atoms with Gasteiger partial charge in [0, 0.05) is 19.2 Å². The van der Waals surface area contributed by atoms with Crippen molar-refractivity contribution in [3.05, 3.63) is 42.0 Å². The maximum absolute atomic E-state index is 9.17. The Kier molecular flexibility index (Phi) is 4.74. The molecule has 1 aromatic heterocycles. The van der Waals surface area contributed by atoms with Crippen molar-refractivity contribution in [2.45, 2.75) is 19.3 Å². The smallest absolute Gasteiger partial charge is 0.151 e. The minimum Gasteiger partial charge on any atom is -0.395 e. The van der Waals surface area contributed by atoms with Gasteiger partial charge in [-0.15, -0.1) is 10.2 Å². The Morgan fingerprint density at radius 2 is 1.82 bits per heavy atom. The number of aliphatic hydroxyl groups excluding tert-OH is 1. The van der Waals surface area contributed by atoms with E-state index in [1.165, 1.54) is 0 Å². The average Bonchev–Trinajstić information content (AvgIpc) is 2.55. The average molecular weight is 296 g/mol. The highest BCUT2D eigenvalue weighted by Gasteiger charge is 2.19. The number of benzene rings is 1.